The highest BCUT2D eigenvalue weighted by molar-refractivity contribution is 5.93. The van der Waals surface area contributed by atoms with Crippen LogP contribution in [0, 0.1) is 5.82 Å². The Labute approximate surface area is 167 Å². The zero-order valence-corrected chi connectivity index (χ0v) is 15.6. The summed E-state index contributed by atoms with van der Waals surface area (Å²) >= 11 is 0. The van der Waals surface area contributed by atoms with E-state index < -0.39 is 5.97 Å². The molecule has 1 aliphatic heterocycles. The zero-order chi connectivity index (χ0) is 20.2. The molecule has 0 amide bonds. The van der Waals surface area contributed by atoms with Gasteiger partial charge in [0.2, 0.25) is 0 Å². The lowest BCUT2D eigenvalue weighted by Gasteiger charge is -2.28. The molecule has 0 bridgehead atoms. The van der Waals surface area contributed by atoms with Gasteiger partial charge in [-0.1, -0.05) is 6.07 Å². The summed E-state index contributed by atoms with van der Waals surface area (Å²) in [6.07, 6.45) is 3.85. The Balaban J connectivity index is 1.48. The van der Waals surface area contributed by atoms with Crippen LogP contribution in [0.15, 0.2) is 60.9 Å². The van der Waals surface area contributed by atoms with Gasteiger partial charge in [-0.05, 0) is 66.6 Å². The number of hydrogen-bond acceptors (Lipinski definition) is 5. The molecule has 0 saturated carbocycles. The maximum Gasteiger partial charge on any atom is 0.337 e. The first-order chi connectivity index (χ1) is 14.1. The molecule has 1 aliphatic rings. The number of nitrogens with zero attached hydrogens (tertiary/aromatic N) is 1. The van der Waals surface area contributed by atoms with Gasteiger partial charge in [-0.15, -0.1) is 0 Å². The van der Waals surface area contributed by atoms with Crippen molar-refractivity contribution in [2.24, 2.45) is 0 Å². The number of hydrogen-bond donors (Lipinski definition) is 3. The standard InChI is InChI=1S/C22H20FN3O3/c23-15-1-3-16(4-2-15)29-17-5-6-18-14(11-17)7-10-25-21(18)13-26-20-12-24-9-8-19(20)22(27)28/h1-6,8-9,11-12,21,25-26H,7,10,13H2,(H,27,28). The van der Waals surface area contributed by atoms with Crippen molar-refractivity contribution < 1.29 is 19.0 Å². The van der Waals surface area contributed by atoms with Crippen molar-refractivity contribution in [1.82, 2.24) is 10.3 Å². The first kappa shape index (κ1) is 18.9. The van der Waals surface area contributed by atoms with Crippen molar-refractivity contribution in [3.05, 3.63) is 83.4 Å². The molecule has 2 heterocycles. The molecule has 7 heteroatoms. The molecule has 1 atom stereocenters. The van der Waals surface area contributed by atoms with Crippen LogP contribution in [0.2, 0.25) is 0 Å². The number of benzene rings is 2. The number of nitrogens with one attached hydrogen (secondary N) is 2. The zero-order valence-electron chi connectivity index (χ0n) is 15.6. The molecule has 3 aromatic rings. The molecule has 0 spiro atoms. The molecular formula is C22H20FN3O3. The minimum absolute atomic E-state index is 0.0282. The van der Waals surface area contributed by atoms with Gasteiger partial charge in [-0.25, -0.2) is 9.18 Å². The molecule has 29 heavy (non-hydrogen) atoms. The Morgan fingerprint density at radius 1 is 1.21 bits per heavy atom. The summed E-state index contributed by atoms with van der Waals surface area (Å²) in [4.78, 5) is 15.4. The number of carboxylic acid groups (broad SMARTS) is 1. The fourth-order valence-electron chi connectivity index (χ4n) is 3.45. The van der Waals surface area contributed by atoms with Crippen LogP contribution in [0.3, 0.4) is 0 Å². The molecule has 4 rings (SSSR count). The van der Waals surface area contributed by atoms with Gasteiger partial charge in [0.15, 0.2) is 0 Å². The largest absolute Gasteiger partial charge is 0.478 e. The second kappa shape index (κ2) is 8.28. The van der Waals surface area contributed by atoms with Gasteiger partial charge in [0.05, 0.1) is 17.4 Å². The normalized spacial score (nSPS) is 15.4. The summed E-state index contributed by atoms with van der Waals surface area (Å²) in [6.45, 7) is 1.33. The van der Waals surface area contributed by atoms with Crippen LogP contribution in [-0.2, 0) is 6.42 Å². The van der Waals surface area contributed by atoms with E-state index in [9.17, 15) is 14.3 Å². The van der Waals surface area contributed by atoms with Crippen molar-refractivity contribution in [3.8, 4) is 11.5 Å². The van der Waals surface area contributed by atoms with Crippen molar-refractivity contribution in [2.75, 3.05) is 18.4 Å². The van der Waals surface area contributed by atoms with Gasteiger partial charge in [-0.3, -0.25) is 4.98 Å². The van der Waals surface area contributed by atoms with E-state index >= 15 is 0 Å². The smallest absolute Gasteiger partial charge is 0.337 e. The maximum atomic E-state index is 13.1. The van der Waals surface area contributed by atoms with E-state index in [1.54, 1.807) is 12.1 Å². The summed E-state index contributed by atoms with van der Waals surface area (Å²) in [5.41, 5.74) is 2.99. The number of rotatable bonds is 6. The number of aromatic carboxylic acids is 1. The molecule has 2 aromatic carbocycles. The highest BCUT2D eigenvalue weighted by Gasteiger charge is 2.21. The number of carboxylic acids is 1. The Morgan fingerprint density at radius 2 is 2.00 bits per heavy atom. The van der Waals surface area contributed by atoms with Gasteiger partial charge >= 0.3 is 5.97 Å². The quantitative estimate of drug-likeness (QED) is 0.587. The predicted molar refractivity (Wildman–Crippen MR) is 107 cm³/mol. The number of ether oxygens (including phenoxy) is 1. The Hall–Kier alpha value is -3.45. The van der Waals surface area contributed by atoms with Crippen molar-refractivity contribution in [3.63, 3.8) is 0 Å². The van der Waals surface area contributed by atoms with E-state index in [4.69, 9.17) is 4.74 Å². The van der Waals surface area contributed by atoms with Crippen LogP contribution in [0.5, 0.6) is 11.5 Å². The minimum Gasteiger partial charge on any atom is -0.478 e. The number of aromatic nitrogens is 1. The molecule has 6 nitrogen and oxygen atoms in total. The SMILES string of the molecule is O=C(O)c1ccncc1NCC1NCCc2cc(Oc3ccc(F)cc3)ccc21. The van der Waals surface area contributed by atoms with Crippen LogP contribution in [0.1, 0.15) is 27.5 Å². The van der Waals surface area contributed by atoms with Crippen molar-refractivity contribution in [2.45, 2.75) is 12.5 Å². The highest BCUT2D eigenvalue weighted by atomic mass is 19.1. The number of pyridine rings is 1. The van der Waals surface area contributed by atoms with Crippen LogP contribution >= 0.6 is 0 Å². The Bertz CT molecular complexity index is 1020. The summed E-state index contributed by atoms with van der Waals surface area (Å²) < 4.78 is 18.9. The van der Waals surface area contributed by atoms with E-state index in [1.165, 1.54) is 36.2 Å². The lowest BCUT2D eigenvalue weighted by Crippen LogP contribution is -2.34. The highest BCUT2D eigenvalue weighted by Crippen LogP contribution is 2.30. The topological polar surface area (TPSA) is 83.5 Å². The lowest BCUT2D eigenvalue weighted by molar-refractivity contribution is 0.0697. The molecular weight excluding hydrogens is 373 g/mol. The molecule has 1 aromatic heterocycles. The summed E-state index contributed by atoms with van der Waals surface area (Å²) in [5.74, 6) is -0.0148. The van der Waals surface area contributed by atoms with E-state index in [0.717, 1.165) is 18.5 Å². The second-order valence-corrected chi connectivity index (χ2v) is 6.78. The maximum absolute atomic E-state index is 13.1. The fourth-order valence-corrected chi connectivity index (χ4v) is 3.45. The average Bonchev–Trinajstić information content (AvgIpc) is 2.74. The number of halogens is 1. The van der Waals surface area contributed by atoms with Crippen molar-refractivity contribution in [1.29, 1.82) is 0 Å². The van der Waals surface area contributed by atoms with Crippen LogP contribution in [-0.4, -0.2) is 29.1 Å². The fraction of sp³-hybridized carbons (Fsp3) is 0.182. The van der Waals surface area contributed by atoms with E-state index in [-0.39, 0.29) is 17.4 Å². The number of anilines is 1. The van der Waals surface area contributed by atoms with E-state index in [2.05, 4.69) is 15.6 Å². The molecule has 1 unspecified atom stereocenters. The molecule has 0 aliphatic carbocycles. The number of carbonyl (C=O) groups is 1. The molecule has 0 fully saturated rings. The van der Waals surface area contributed by atoms with Gasteiger partial charge in [0.25, 0.3) is 0 Å². The van der Waals surface area contributed by atoms with Gasteiger partial charge in [-0.2, -0.15) is 0 Å². The average molecular weight is 393 g/mol. The molecule has 148 valence electrons. The number of fused-ring (bicyclic) bond motifs is 1. The second-order valence-electron chi connectivity index (χ2n) is 6.78. The third kappa shape index (κ3) is 4.35. The first-order valence-corrected chi connectivity index (χ1v) is 9.31. The predicted octanol–water partition coefficient (Wildman–Crippen LogP) is 4.01. The van der Waals surface area contributed by atoms with Gasteiger partial charge in [0, 0.05) is 18.8 Å². The lowest BCUT2D eigenvalue weighted by atomic mass is 9.94. The summed E-state index contributed by atoms with van der Waals surface area (Å²) in [5, 5.41) is 16.0. The van der Waals surface area contributed by atoms with Crippen molar-refractivity contribution >= 4 is 11.7 Å². The first-order valence-electron chi connectivity index (χ1n) is 9.31. The van der Waals surface area contributed by atoms with Gasteiger partial charge < -0.3 is 20.5 Å². The molecule has 3 N–H and O–H groups in total. The van der Waals surface area contributed by atoms with Crippen LogP contribution in [0.25, 0.3) is 0 Å². The molecule has 0 radical (unpaired) electrons. The monoisotopic (exact) mass is 393 g/mol. The third-order valence-corrected chi connectivity index (χ3v) is 4.87. The minimum atomic E-state index is -0.991. The van der Waals surface area contributed by atoms with E-state index in [1.807, 2.05) is 18.2 Å². The summed E-state index contributed by atoms with van der Waals surface area (Å²) in [6, 6.07) is 13.3. The van der Waals surface area contributed by atoms with Gasteiger partial charge in [0.1, 0.15) is 17.3 Å². The van der Waals surface area contributed by atoms with E-state index in [0.29, 0.717) is 23.7 Å². The third-order valence-electron chi connectivity index (χ3n) is 4.87. The Kier molecular flexibility index (Phi) is 5.39. The summed E-state index contributed by atoms with van der Waals surface area (Å²) in [7, 11) is 0. The Morgan fingerprint density at radius 3 is 2.79 bits per heavy atom. The van der Waals surface area contributed by atoms with Crippen LogP contribution < -0.4 is 15.4 Å². The molecule has 0 saturated heterocycles. The van der Waals surface area contributed by atoms with Crippen LogP contribution in [0.4, 0.5) is 10.1 Å².